The molecule has 5 heteroatoms. The van der Waals surface area contributed by atoms with Gasteiger partial charge in [-0.05, 0) is 17.7 Å². The molecule has 4 nitrogen and oxygen atoms in total. The molecule has 1 aromatic heterocycles. The van der Waals surface area contributed by atoms with Crippen molar-refractivity contribution in [3.63, 3.8) is 0 Å². The normalized spacial score (nSPS) is 12.3. The number of hydrogen-bond acceptors (Lipinski definition) is 2. The van der Waals surface area contributed by atoms with Gasteiger partial charge in [0.05, 0.1) is 17.8 Å². The third kappa shape index (κ3) is 2.90. The molecule has 1 aromatic carbocycles. The number of aromatic amines is 1. The summed E-state index contributed by atoms with van der Waals surface area (Å²) < 4.78 is 0. The summed E-state index contributed by atoms with van der Waals surface area (Å²) in [5, 5.41) is 9.52. The third-order valence-electron chi connectivity index (χ3n) is 2.70. The fraction of sp³-hybridized carbons (Fsp3) is 0.231. The Bertz CT molecular complexity index is 548. The summed E-state index contributed by atoms with van der Waals surface area (Å²) in [5.41, 5.74) is 1.83. The number of halogens is 1. The van der Waals surface area contributed by atoms with E-state index in [1.54, 1.807) is 25.3 Å². The SMILES string of the molecule is CC(Cc1ncc(-c2ccc(Cl)cc2)[nH]1)C(=O)O. The molecule has 0 bridgehead atoms. The van der Waals surface area contributed by atoms with E-state index in [-0.39, 0.29) is 0 Å². The number of hydrogen-bond donors (Lipinski definition) is 2. The lowest BCUT2D eigenvalue weighted by atomic mass is 10.1. The maximum absolute atomic E-state index is 10.8. The first-order chi connectivity index (χ1) is 8.56. The fourth-order valence-corrected chi connectivity index (χ4v) is 1.75. The largest absolute Gasteiger partial charge is 0.481 e. The van der Waals surface area contributed by atoms with E-state index in [0.717, 1.165) is 11.3 Å². The Kier molecular flexibility index (Phi) is 3.67. The molecule has 0 spiro atoms. The molecule has 0 radical (unpaired) electrons. The van der Waals surface area contributed by atoms with Crippen LogP contribution in [0.5, 0.6) is 0 Å². The van der Waals surface area contributed by atoms with Crippen molar-refractivity contribution in [1.82, 2.24) is 9.97 Å². The van der Waals surface area contributed by atoms with Crippen LogP contribution in [0.1, 0.15) is 12.7 Å². The third-order valence-corrected chi connectivity index (χ3v) is 2.96. The molecule has 0 aliphatic heterocycles. The number of benzene rings is 1. The van der Waals surface area contributed by atoms with Crippen LogP contribution >= 0.6 is 11.6 Å². The molecule has 2 N–H and O–H groups in total. The second-order valence-electron chi connectivity index (χ2n) is 4.19. The highest BCUT2D eigenvalue weighted by atomic mass is 35.5. The van der Waals surface area contributed by atoms with Gasteiger partial charge in [0, 0.05) is 11.4 Å². The summed E-state index contributed by atoms with van der Waals surface area (Å²) in [6.45, 7) is 1.66. The number of carbonyl (C=O) groups is 1. The zero-order chi connectivity index (χ0) is 13.1. The first-order valence-corrected chi connectivity index (χ1v) is 5.96. The Morgan fingerprint density at radius 1 is 1.44 bits per heavy atom. The van der Waals surface area contributed by atoms with E-state index in [2.05, 4.69) is 9.97 Å². The van der Waals surface area contributed by atoms with Crippen molar-refractivity contribution in [2.24, 2.45) is 5.92 Å². The van der Waals surface area contributed by atoms with Crippen LogP contribution in [-0.2, 0) is 11.2 Å². The van der Waals surface area contributed by atoms with Gasteiger partial charge in [0.15, 0.2) is 0 Å². The highest BCUT2D eigenvalue weighted by Crippen LogP contribution is 2.20. The topological polar surface area (TPSA) is 66.0 Å². The Morgan fingerprint density at radius 2 is 2.11 bits per heavy atom. The second-order valence-corrected chi connectivity index (χ2v) is 4.63. The van der Waals surface area contributed by atoms with Gasteiger partial charge in [-0.1, -0.05) is 30.7 Å². The van der Waals surface area contributed by atoms with E-state index >= 15 is 0 Å². The van der Waals surface area contributed by atoms with Gasteiger partial charge in [-0.15, -0.1) is 0 Å². The van der Waals surface area contributed by atoms with Gasteiger partial charge in [-0.2, -0.15) is 0 Å². The van der Waals surface area contributed by atoms with E-state index in [1.165, 1.54) is 0 Å². The van der Waals surface area contributed by atoms with Crippen LogP contribution in [0.2, 0.25) is 5.02 Å². The number of nitrogens with one attached hydrogen (secondary N) is 1. The van der Waals surface area contributed by atoms with Crippen molar-refractivity contribution in [2.75, 3.05) is 0 Å². The van der Waals surface area contributed by atoms with Crippen LogP contribution in [0.25, 0.3) is 11.3 Å². The maximum atomic E-state index is 10.8. The molecular formula is C13H13ClN2O2. The first-order valence-electron chi connectivity index (χ1n) is 5.59. The number of carboxylic acid groups (broad SMARTS) is 1. The average Bonchev–Trinajstić information content (AvgIpc) is 2.78. The van der Waals surface area contributed by atoms with Gasteiger partial charge in [-0.3, -0.25) is 4.79 Å². The average molecular weight is 265 g/mol. The quantitative estimate of drug-likeness (QED) is 0.892. The Morgan fingerprint density at radius 3 is 2.72 bits per heavy atom. The predicted octanol–water partition coefficient (Wildman–Crippen LogP) is 2.99. The molecule has 0 saturated heterocycles. The van der Waals surface area contributed by atoms with Crippen LogP contribution in [0.4, 0.5) is 0 Å². The highest BCUT2D eigenvalue weighted by molar-refractivity contribution is 6.30. The summed E-state index contributed by atoms with van der Waals surface area (Å²) in [7, 11) is 0. The van der Waals surface area contributed by atoms with E-state index in [1.807, 2.05) is 12.1 Å². The predicted molar refractivity (Wildman–Crippen MR) is 69.5 cm³/mol. The molecule has 2 rings (SSSR count). The Balaban J connectivity index is 2.15. The van der Waals surface area contributed by atoms with Gasteiger partial charge >= 0.3 is 5.97 Å². The molecule has 18 heavy (non-hydrogen) atoms. The van der Waals surface area contributed by atoms with Crippen LogP contribution in [0.3, 0.4) is 0 Å². The number of H-pyrrole nitrogens is 1. The van der Waals surface area contributed by atoms with Crippen molar-refractivity contribution in [3.05, 3.63) is 41.3 Å². The minimum absolute atomic E-state index is 0.392. The summed E-state index contributed by atoms with van der Waals surface area (Å²) in [4.78, 5) is 18.1. The van der Waals surface area contributed by atoms with Crippen LogP contribution in [0, 0.1) is 5.92 Å². The van der Waals surface area contributed by atoms with Crippen molar-refractivity contribution >= 4 is 17.6 Å². The Hall–Kier alpha value is -1.81. The number of nitrogens with zero attached hydrogens (tertiary/aromatic N) is 1. The lowest BCUT2D eigenvalue weighted by Gasteiger charge is -2.02. The summed E-state index contributed by atoms with van der Waals surface area (Å²) in [6, 6.07) is 7.38. The molecule has 0 saturated carbocycles. The van der Waals surface area contributed by atoms with Crippen molar-refractivity contribution < 1.29 is 9.90 Å². The standard InChI is InChI=1S/C13H13ClN2O2/c1-8(13(17)18)6-12-15-7-11(16-12)9-2-4-10(14)5-3-9/h2-5,7-8H,6H2,1H3,(H,15,16)(H,17,18). The summed E-state index contributed by atoms with van der Waals surface area (Å²) in [6.07, 6.45) is 2.09. The first kappa shape index (κ1) is 12.6. The maximum Gasteiger partial charge on any atom is 0.306 e. The van der Waals surface area contributed by atoms with Gasteiger partial charge in [0.2, 0.25) is 0 Å². The van der Waals surface area contributed by atoms with E-state index in [0.29, 0.717) is 17.3 Å². The fourth-order valence-electron chi connectivity index (χ4n) is 1.62. The van der Waals surface area contributed by atoms with E-state index < -0.39 is 11.9 Å². The molecule has 1 heterocycles. The zero-order valence-electron chi connectivity index (χ0n) is 9.85. The van der Waals surface area contributed by atoms with Crippen molar-refractivity contribution in [2.45, 2.75) is 13.3 Å². The summed E-state index contributed by atoms with van der Waals surface area (Å²) in [5.74, 6) is -0.594. The second kappa shape index (κ2) is 5.23. The lowest BCUT2D eigenvalue weighted by Crippen LogP contribution is -2.12. The number of rotatable bonds is 4. The van der Waals surface area contributed by atoms with Crippen molar-refractivity contribution in [3.8, 4) is 11.3 Å². The van der Waals surface area contributed by atoms with Crippen molar-refractivity contribution in [1.29, 1.82) is 0 Å². The molecule has 0 aliphatic rings. The molecule has 2 aromatic rings. The molecule has 1 unspecified atom stereocenters. The molecule has 0 fully saturated rings. The zero-order valence-corrected chi connectivity index (χ0v) is 10.6. The monoisotopic (exact) mass is 264 g/mol. The minimum Gasteiger partial charge on any atom is -0.481 e. The number of carboxylic acids is 1. The van der Waals surface area contributed by atoms with Gasteiger partial charge < -0.3 is 10.1 Å². The minimum atomic E-state index is -0.820. The van der Waals surface area contributed by atoms with Gasteiger partial charge in [0.25, 0.3) is 0 Å². The smallest absolute Gasteiger partial charge is 0.306 e. The molecule has 0 aliphatic carbocycles. The van der Waals surface area contributed by atoms with Crippen LogP contribution < -0.4 is 0 Å². The molecular weight excluding hydrogens is 252 g/mol. The number of aromatic nitrogens is 2. The van der Waals surface area contributed by atoms with Crippen LogP contribution in [0.15, 0.2) is 30.5 Å². The molecule has 94 valence electrons. The van der Waals surface area contributed by atoms with Crippen LogP contribution in [-0.4, -0.2) is 21.0 Å². The van der Waals surface area contributed by atoms with E-state index in [4.69, 9.17) is 16.7 Å². The molecule has 1 atom stereocenters. The molecule has 0 amide bonds. The lowest BCUT2D eigenvalue weighted by molar-refractivity contribution is -0.141. The van der Waals surface area contributed by atoms with Gasteiger partial charge in [0.1, 0.15) is 5.82 Å². The summed E-state index contributed by atoms with van der Waals surface area (Å²) >= 11 is 5.82. The highest BCUT2D eigenvalue weighted by Gasteiger charge is 2.13. The number of imidazole rings is 1. The Labute approximate surface area is 110 Å². The van der Waals surface area contributed by atoms with E-state index in [9.17, 15) is 4.79 Å². The number of aliphatic carboxylic acids is 1. The van der Waals surface area contributed by atoms with Gasteiger partial charge in [-0.25, -0.2) is 4.98 Å².